The first-order valence-corrected chi connectivity index (χ1v) is 7.52. The van der Waals surface area contributed by atoms with Gasteiger partial charge >= 0.3 is 0 Å². The summed E-state index contributed by atoms with van der Waals surface area (Å²) in [5.41, 5.74) is 0. The molecular weight excluding hydrogens is 318 g/mol. The second-order valence-electron chi connectivity index (χ2n) is 3.01. The molecule has 1 aromatic rings. The van der Waals surface area contributed by atoms with Gasteiger partial charge in [0, 0.05) is 11.6 Å². The van der Waals surface area contributed by atoms with Crippen molar-refractivity contribution in [3.05, 3.63) is 15.9 Å². The summed E-state index contributed by atoms with van der Waals surface area (Å²) in [6.07, 6.45) is 0. The minimum absolute atomic E-state index is 0.124. The third kappa shape index (κ3) is 3.51. The number of hydrogen-bond acceptors (Lipinski definition) is 5. The molecule has 0 fully saturated rings. The molecule has 1 atom stereocenters. The van der Waals surface area contributed by atoms with E-state index in [2.05, 4.69) is 20.7 Å². The lowest BCUT2D eigenvalue weighted by molar-refractivity contribution is 0.139. The molecule has 0 bridgehead atoms. The van der Waals surface area contributed by atoms with Crippen LogP contribution in [-0.4, -0.2) is 39.9 Å². The second-order valence-corrected chi connectivity index (χ2v) is 6.69. The first kappa shape index (κ1) is 14.1. The SMILES string of the molecule is COCC(CO)NS(=O)(=O)c1sccc1Br. The minimum atomic E-state index is -3.60. The van der Waals surface area contributed by atoms with Crippen LogP contribution < -0.4 is 4.72 Å². The van der Waals surface area contributed by atoms with Gasteiger partial charge in [0.25, 0.3) is 10.0 Å². The number of halogens is 1. The van der Waals surface area contributed by atoms with Crippen LogP contribution in [0, 0.1) is 0 Å². The van der Waals surface area contributed by atoms with Crippen molar-refractivity contribution >= 4 is 37.3 Å². The smallest absolute Gasteiger partial charge is 0.251 e. The molecule has 0 radical (unpaired) electrons. The maximum atomic E-state index is 11.9. The van der Waals surface area contributed by atoms with E-state index in [0.717, 1.165) is 11.3 Å². The Morgan fingerprint density at radius 2 is 2.38 bits per heavy atom. The van der Waals surface area contributed by atoms with Gasteiger partial charge < -0.3 is 9.84 Å². The van der Waals surface area contributed by atoms with Crippen LogP contribution in [0.15, 0.2) is 20.1 Å². The Labute approximate surface area is 107 Å². The molecule has 0 spiro atoms. The summed E-state index contributed by atoms with van der Waals surface area (Å²) in [6, 6.07) is 1.02. The molecule has 92 valence electrons. The Bertz CT molecular complexity index is 431. The fourth-order valence-electron chi connectivity index (χ4n) is 1.07. The maximum Gasteiger partial charge on any atom is 0.251 e. The van der Waals surface area contributed by atoms with E-state index in [1.54, 1.807) is 11.4 Å². The average Bonchev–Trinajstić information content (AvgIpc) is 2.64. The molecule has 0 aliphatic carbocycles. The summed E-state index contributed by atoms with van der Waals surface area (Å²) < 4.78 is 31.6. The van der Waals surface area contributed by atoms with Crippen LogP contribution in [0.2, 0.25) is 0 Å². The van der Waals surface area contributed by atoms with Crippen LogP contribution in [0.1, 0.15) is 0 Å². The minimum Gasteiger partial charge on any atom is -0.395 e. The third-order valence-corrected chi connectivity index (χ3v) is 5.93. The van der Waals surface area contributed by atoms with Crippen LogP contribution in [0.4, 0.5) is 0 Å². The maximum absolute atomic E-state index is 11.9. The Kier molecular flexibility index (Phi) is 5.35. The molecule has 16 heavy (non-hydrogen) atoms. The molecule has 0 saturated carbocycles. The number of aliphatic hydroxyl groups is 1. The van der Waals surface area contributed by atoms with Crippen LogP contribution in [0.25, 0.3) is 0 Å². The predicted molar refractivity (Wildman–Crippen MR) is 65.1 cm³/mol. The van der Waals surface area contributed by atoms with E-state index in [1.807, 2.05) is 0 Å². The molecule has 0 aromatic carbocycles. The highest BCUT2D eigenvalue weighted by atomic mass is 79.9. The number of rotatable bonds is 6. The van der Waals surface area contributed by atoms with Gasteiger partial charge in [-0.3, -0.25) is 0 Å². The number of ether oxygens (including phenoxy) is 1. The van der Waals surface area contributed by atoms with Crippen molar-refractivity contribution < 1.29 is 18.3 Å². The third-order valence-electron chi connectivity index (χ3n) is 1.74. The van der Waals surface area contributed by atoms with E-state index in [9.17, 15) is 8.42 Å². The van der Waals surface area contributed by atoms with Gasteiger partial charge in [-0.1, -0.05) is 0 Å². The van der Waals surface area contributed by atoms with E-state index >= 15 is 0 Å². The number of nitrogens with one attached hydrogen (secondary N) is 1. The zero-order valence-electron chi connectivity index (χ0n) is 8.51. The predicted octanol–water partition coefficient (Wildman–Crippen LogP) is 0.796. The van der Waals surface area contributed by atoms with Crippen LogP contribution in [0.5, 0.6) is 0 Å². The highest BCUT2D eigenvalue weighted by Gasteiger charge is 2.22. The normalized spacial score (nSPS) is 13.9. The molecule has 1 rings (SSSR count). The van der Waals surface area contributed by atoms with Gasteiger partial charge in [0.2, 0.25) is 0 Å². The van der Waals surface area contributed by atoms with E-state index in [4.69, 9.17) is 9.84 Å². The van der Waals surface area contributed by atoms with Crippen LogP contribution >= 0.6 is 27.3 Å². The van der Waals surface area contributed by atoms with Gasteiger partial charge in [0.05, 0.1) is 19.3 Å². The van der Waals surface area contributed by atoms with Crippen molar-refractivity contribution in [1.29, 1.82) is 0 Å². The molecule has 1 aromatic heterocycles. The summed E-state index contributed by atoms with van der Waals surface area (Å²) in [5, 5.41) is 10.6. The largest absolute Gasteiger partial charge is 0.395 e. The van der Waals surface area contributed by atoms with Gasteiger partial charge in [-0.2, -0.15) is 0 Å². The van der Waals surface area contributed by atoms with Gasteiger partial charge in [0.1, 0.15) is 4.21 Å². The van der Waals surface area contributed by atoms with E-state index in [-0.39, 0.29) is 17.4 Å². The Hall–Kier alpha value is 0.01000. The van der Waals surface area contributed by atoms with Crippen molar-refractivity contribution in [1.82, 2.24) is 4.72 Å². The lowest BCUT2D eigenvalue weighted by Crippen LogP contribution is -2.40. The number of aliphatic hydroxyl groups excluding tert-OH is 1. The Balaban J connectivity index is 2.83. The molecule has 0 saturated heterocycles. The fraction of sp³-hybridized carbons (Fsp3) is 0.500. The zero-order chi connectivity index (χ0) is 12.2. The summed E-state index contributed by atoms with van der Waals surface area (Å²) in [6.45, 7) is -0.186. The first-order valence-electron chi connectivity index (χ1n) is 4.36. The van der Waals surface area contributed by atoms with Crippen molar-refractivity contribution in [2.45, 2.75) is 10.3 Å². The molecule has 0 aliphatic rings. The standard InChI is InChI=1S/C8H12BrNO4S2/c1-14-5-6(4-11)10-16(12,13)8-7(9)2-3-15-8/h2-3,6,10-11H,4-5H2,1H3. The number of methoxy groups -OCH3 is 1. The molecule has 1 heterocycles. The fourth-order valence-corrected chi connectivity index (χ4v) is 4.64. The summed E-state index contributed by atoms with van der Waals surface area (Å²) in [7, 11) is -2.16. The molecular formula is C8H12BrNO4S2. The van der Waals surface area contributed by atoms with Crippen molar-refractivity contribution in [3.63, 3.8) is 0 Å². The summed E-state index contributed by atoms with van der Waals surface area (Å²) in [5.74, 6) is 0. The highest BCUT2D eigenvalue weighted by Crippen LogP contribution is 2.27. The van der Waals surface area contributed by atoms with E-state index in [1.165, 1.54) is 7.11 Å². The molecule has 0 amide bonds. The lowest BCUT2D eigenvalue weighted by atomic mass is 10.4. The van der Waals surface area contributed by atoms with Crippen molar-refractivity contribution in [2.24, 2.45) is 0 Å². The van der Waals surface area contributed by atoms with E-state index in [0.29, 0.717) is 4.47 Å². The first-order chi connectivity index (χ1) is 7.51. The monoisotopic (exact) mass is 329 g/mol. The number of sulfonamides is 1. The van der Waals surface area contributed by atoms with Gasteiger partial charge in [-0.05, 0) is 27.4 Å². The average molecular weight is 330 g/mol. The van der Waals surface area contributed by atoms with Crippen LogP contribution in [-0.2, 0) is 14.8 Å². The molecule has 8 heteroatoms. The van der Waals surface area contributed by atoms with Crippen molar-refractivity contribution in [2.75, 3.05) is 20.3 Å². The van der Waals surface area contributed by atoms with Gasteiger partial charge in [-0.25, -0.2) is 13.1 Å². The summed E-state index contributed by atoms with van der Waals surface area (Å²) >= 11 is 4.26. The van der Waals surface area contributed by atoms with Gasteiger partial charge in [0.15, 0.2) is 0 Å². The van der Waals surface area contributed by atoms with Crippen molar-refractivity contribution in [3.8, 4) is 0 Å². The Morgan fingerprint density at radius 1 is 1.69 bits per heavy atom. The number of hydrogen-bond donors (Lipinski definition) is 2. The molecule has 2 N–H and O–H groups in total. The van der Waals surface area contributed by atoms with Gasteiger partial charge in [-0.15, -0.1) is 11.3 Å². The second kappa shape index (κ2) is 6.08. The molecule has 1 unspecified atom stereocenters. The topological polar surface area (TPSA) is 75.6 Å². The number of thiophene rings is 1. The molecule has 5 nitrogen and oxygen atoms in total. The summed E-state index contributed by atoms with van der Waals surface area (Å²) in [4.78, 5) is 0. The highest BCUT2D eigenvalue weighted by molar-refractivity contribution is 9.10. The van der Waals surface area contributed by atoms with Crippen LogP contribution in [0.3, 0.4) is 0 Å². The Morgan fingerprint density at radius 3 is 2.81 bits per heavy atom. The zero-order valence-corrected chi connectivity index (χ0v) is 11.7. The lowest BCUT2D eigenvalue weighted by Gasteiger charge is -2.14. The van der Waals surface area contributed by atoms with E-state index < -0.39 is 16.1 Å². The molecule has 0 aliphatic heterocycles. The quantitative estimate of drug-likeness (QED) is 0.809.